The maximum absolute atomic E-state index is 11.9. The van der Waals surface area contributed by atoms with E-state index in [-0.39, 0.29) is 5.56 Å². The van der Waals surface area contributed by atoms with Crippen molar-refractivity contribution in [2.75, 3.05) is 7.11 Å². The molecule has 1 N–H and O–H groups in total. The van der Waals surface area contributed by atoms with Crippen LogP contribution in [0.15, 0.2) is 40.8 Å². The number of allylic oxidation sites excluding steroid dienone is 3. The Hall–Kier alpha value is -2.63. The van der Waals surface area contributed by atoms with Gasteiger partial charge in [0.2, 0.25) is 0 Å². The van der Waals surface area contributed by atoms with Gasteiger partial charge in [0.15, 0.2) is 5.82 Å². The van der Waals surface area contributed by atoms with Gasteiger partial charge in [0.1, 0.15) is 5.52 Å². The average Bonchev–Trinajstić information content (AvgIpc) is 3.05. The third-order valence-corrected chi connectivity index (χ3v) is 3.02. The number of hydrogen-bond donors (Lipinski definition) is 1. The van der Waals surface area contributed by atoms with Crippen LogP contribution < -0.4 is 5.56 Å². The van der Waals surface area contributed by atoms with Gasteiger partial charge in [-0.3, -0.25) is 4.79 Å². The zero-order valence-electron chi connectivity index (χ0n) is 10.2. The third-order valence-electron chi connectivity index (χ3n) is 3.02. The van der Waals surface area contributed by atoms with Crippen LogP contribution in [-0.4, -0.2) is 27.7 Å². The molecular formula is C13H11N3O3. The summed E-state index contributed by atoms with van der Waals surface area (Å²) < 4.78 is 6.21. The van der Waals surface area contributed by atoms with E-state index in [2.05, 4.69) is 10.1 Å². The van der Waals surface area contributed by atoms with Gasteiger partial charge >= 0.3 is 5.97 Å². The molecule has 1 aliphatic rings. The van der Waals surface area contributed by atoms with E-state index in [1.807, 2.05) is 6.08 Å². The molecule has 0 aliphatic heterocycles. The predicted molar refractivity (Wildman–Crippen MR) is 68.5 cm³/mol. The third kappa shape index (κ3) is 1.77. The number of aromatic nitrogens is 3. The second-order valence-corrected chi connectivity index (χ2v) is 4.13. The molecule has 6 heteroatoms. The van der Waals surface area contributed by atoms with Crippen LogP contribution in [0.1, 0.15) is 12.2 Å². The van der Waals surface area contributed by atoms with E-state index >= 15 is 0 Å². The van der Waals surface area contributed by atoms with Crippen molar-refractivity contribution in [2.45, 2.75) is 6.42 Å². The topological polar surface area (TPSA) is 76.5 Å². The number of carbonyl (C=O) groups excluding carboxylic acids is 1. The molecule has 2 aromatic heterocycles. The first-order valence-corrected chi connectivity index (χ1v) is 5.77. The fourth-order valence-electron chi connectivity index (χ4n) is 2.11. The predicted octanol–water partition coefficient (Wildman–Crippen LogP) is 0.909. The fraction of sp³-hybridized carbons (Fsp3) is 0.154. The van der Waals surface area contributed by atoms with Crippen molar-refractivity contribution in [3.05, 3.63) is 52.2 Å². The highest BCUT2D eigenvalue weighted by Gasteiger charge is 2.20. The van der Waals surface area contributed by atoms with Crippen molar-refractivity contribution in [1.82, 2.24) is 14.6 Å². The molecule has 0 fully saturated rings. The lowest BCUT2D eigenvalue weighted by molar-refractivity contribution is -0.136. The molecule has 96 valence electrons. The number of H-pyrrole nitrogens is 1. The molecule has 0 atom stereocenters. The van der Waals surface area contributed by atoms with Gasteiger partial charge in [-0.25, -0.2) is 9.31 Å². The summed E-state index contributed by atoms with van der Waals surface area (Å²) in [5.41, 5.74) is 1.31. The molecule has 2 heterocycles. The lowest BCUT2D eigenvalue weighted by Gasteiger charge is -2.05. The Balaban J connectivity index is 2.21. The fourth-order valence-corrected chi connectivity index (χ4v) is 2.11. The minimum Gasteiger partial charge on any atom is -0.466 e. The monoisotopic (exact) mass is 257 g/mol. The molecule has 1 aliphatic carbocycles. The van der Waals surface area contributed by atoms with Gasteiger partial charge in [-0.15, -0.1) is 5.10 Å². The van der Waals surface area contributed by atoms with Crippen LogP contribution in [-0.2, 0) is 9.53 Å². The molecule has 6 nitrogen and oxygen atoms in total. The average molecular weight is 257 g/mol. The number of fused-ring (bicyclic) bond motifs is 1. The summed E-state index contributed by atoms with van der Waals surface area (Å²) in [5.74, 6) is -0.0434. The van der Waals surface area contributed by atoms with Crippen LogP contribution >= 0.6 is 0 Å². The Labute approximate surface area is 108 Å². The molecule has 0 radical (unpaired) electrons. The molecule has 0 aromatic carbocycles. The van der Waals surface area contributed by atoms with Crippen molar-refractivity contribution in [1.29, 1.82) is 0 Å². The molecule has 19 heavy (non-hydrogen) atoms. The van der Waals surface area contributed by atoms with Crippen molar-refractivity contribution in [3.63, 3.8) is 0 Å². The Kier molecular flexibility index (Phi) is 2.56. The van der Waals surface area contributed by atoms with E-state index in [0.717, 1.165) is 0 Å². The van der Waals surface area contributed by atoms with Gasteiger partial charge in [0.05, 0.1) is 12.7 Å². The minimum absolute atomic E-state index is 0.244. The standard InChI is InChI=1S/C13H11N3O3/c1-19-13(18)9-5-2-4-8(9)11-14-12(17)10-6-3-7-16(10)15-11/h2-4,6-7H,5H2,1H3,(H,14,15,17). The van der Waals surface area contributed by atoms with Crippen LogP contribution in [0.3, 0.4) is 0 Å². The number of rotatable bonds is 2. The Morgan fingerprint density at radius 3 is 3.16 bits per heavy atom. The summed E-state index contributed by atoms with van der Waals surface area (Å²) in [6.07, 6.45) is 5.77. The summed E-state index contributed by atoms with van der Waals surface area (Å²) in [5, 5.41) is 4.29. The highest BCUT2D eigenvalue weighted by atomic mass is 16.5. The van der Waals surface area contributed by atoms with Gasteiger partial charge in [-0.05, 0) is 18.6 Å². The summed E-state index contributed by atoms with van der Waals surface area (Å²) in [7, 11) is 1.33. The zero-order valence-corrected chi connectivity index (χ0v) is 10.2. The number of ether oxygens (including phenoxy) is 1. The largest absolute Gasteiger partial charge is 0.466 e. The first kappa shape index (κ1) is 11.5. The SMILES string of the molecule is COC(=O)C1=C(c2nn3cccc3c(=O)[nH]2)C=CC1. The number of hydrogen-bond acceptors (Lipinski definition) is 4. The van der Waals surface area contributed by atoms with E-state index in [4.69, 9.17) is 4.74 Å². The summed E-state index contributed by atoms with van der Waals surface area (Å²) in [6, 6.07) is 3.41. The normalized spacial score (nSPS) is 14.4. The van der Waals surface area contributed by atoms with Crippen LogP contribution in [0.25, 0.3) is 11.1 Å². The van der Waals surface area contributed by atoms with Crippen molar-refractivity contribution in [2.24, 2.45) is 0 Å². The van der Waals surface area contributed by atoms with E-state index in [1.54, 1.807) is 24.4 Å². The van der Waals surface area contributed by atoms with E-state index in [0.29, 0.717) is 28.9 Å². The van der Waals surface area contributed by atoms with Crippen LogP contribution in [0.2, 0.25) is 0 Å². The molecule has 0 spiro atoms. The summed E-state index contributed by atoms with van der Waals surface area (Å²) >= 11 is 0. The Morgan fingerprint density at radius 1 is 1.53 bits per heavy atom. The lowest BCUT2D eigenvalue weighted by Crippen LogP contribution is -2.16. The highest BCUT2D eigenvalue weighted by Crippen LogP contribution is 2.26. The molecule has 0 bridgehead atoms. The van der Waals surface area contributed by atoms with Gasteiger partial charge in [0.25, 0.3) is 5.56 Å². The van der Waals surface area contributed by atoms with Gasteiger partial charge < -0.3 is 9.72 Å². The second kappa shape index (κ2) is 4.24. The Morgan fingerprint density at radius 2 is 2.37 bits per heavy atom. The van der Waals surface area contributed by atoms with Gasteiger partial charge in [-0.1, -0.05) is 12.2 Å². The van der Waals surface area contributed by atoms with Crippen LogP contribution in [0, 0.1) is 0 Å². The highest BCUT2D eigenvalue weighted by molar-refractivity contribution is 6.01. The summed E-state index contributed by atoms with van der Waals surface area (Å²) in [6.45, 7) is 0. The maximum atomic E-state index is 11.9. The number of esters is 1. The first-order chi connectivity index (χ1) is 9.20. The quantitative estimate of drug-likeness (QED) is 0.811. The molecule has 0 saturated heterocycles. The van der Waals surface area contributed by atoms with Gasteiger partial charge in [0, 0.05) is 11.8 Å². The summed E-state index contributed by atoms with van der Waals surface area (Å²) in [4.78, 5) is 26.2. The molecule has 0 unspecified atom stereocenters. The molecule has 2 aromatic rings. The lowest BCUT2D eigenvalue weighted by atomic mass is 10.1. The van der Waals surface area contributed by atoms with Crippen LogP contribution in [0.4, 0.5) is 0 Å². The molecule has 0 amide bonds. The number of methoxy groups -OCH3 is 1. The number of carbonyl (C=O) groups is 1. The van der Waals surface area contributed by atoms with E-state index in [9.17, 15) is 9.59 Å². The van der Waals surface area contributed by atoms with Crippen LogP contribution in [0.5, 0.6) is 0 Å². The second-order valence-electron chi connectivity index (χ2n) is 4.13. The maximum Gasteiger partial charge on any atom is 0.334 e. The Bertz CT molecular complexity index is 780. The minimum atomic E-state index is -0.407. The van der Waals surface area contributed by atoms with E-state index in [1.165, 1.54) is 11.6 Å². The molecule has 0 saturated carbocycles. The molecular weight excluding hydrogens is 246 g/mol. The number of nitrogens with one attached hydrogen (secondary N) is 1. The number of nitrogens with zero attached hydrogens (tertiary/aromatic N) is 2. The zero-order chi connectivity index (χ0) is 13.4. The number of aromatic amines is 1. The van der Waals surface area contributed by atoms with E-state index < -0.39 is 5.97 Å². The molecule has 3 rings (SSSR count). The van der Waals surface area contributed by atoms with Crippen molar-refractivity contribution >= 4 is 17.1 Å². The van der Waals surface area contributed by atoms with Crippen molar-refractivity contribution in [3.8, 4) is 0 Å². The first-order valence-electron chi connectivity index (χ1n) is 5.77. The smallest absolute Gasteiger partial charge is 0.334 e. The van der Waals surface area contributed by atoms with Gasteiger partial charge in [-0.2, -0.15) is 0 Å². The van der Waals surface area contributed by atoms with Crippen molar-refractivity contribution < 1.29 is 9.53 Å².